The van der Waals surface area contributed by atoms with Gasteiger partial charge in [0.15, 0.2) is 6.61 Å². The molecular weight excluding hydrogens is 275 g/mol. The molecule has 1 saturated carbocycles. The number of ether oxygens (including phenoxy) is 1. The molecule has 1 aliphatic carbocycles. The number of amides is 1. The number of primary amides is 1. The minimum atomic E-state index is -0.540. The molecule has 0 heterocycles. The second-order valence-electron chi connectivity index (χ2n) is 4.29. The largest absolute Gasteiger partial charge is 0.482 e. The smallest absolute Gasteiger partial charge is 0.255 e. The van der Waals surface area contributed by atoms with Gasteiger partial charge < -0.3 is 15.8 Å². The maximum absolute atomic E-state index is 10.8. The monoisotopic (exact) mass is 288 g/mol. The molecule has 0 aliphatic heterocycles. The van der Waals surface area contributed by atoms with Crippen molar-refractivity contribution < 1.29 is 9.53 Å². The van der Waals surface area contributed by atoms with Crippen molar-refractivity contribution in [1.82, 2.24) is 5.32 Å². The van der Waals surface area contributed by atoms with Crippen molar-refractivity contribution in [3.05, 3.63) is 27.7 Å². The number of hydrogen-bond donors (Lipinski definition) is 2. The van der Waals surface area contributed by atoms with E-state index < -0.39 is 5.91 Å². The molecule has 1 fully saturated rings. The summed E-state index contributed by atoms with van der Waals surface area (Å²) < 4.78 is 5.33. The van der Waals surface area contributed by atoms with Gasteiger partial charge in [0.2, 0.25) is 0 Å². The average molecular weight is 289 g/mol. The lowest BCUT2D eigenvalue weighted by molar-refractivity contribution is -0.119. The van der Waals surface area contributed by atoms with Crippen molar-refractivity contribution in [3.63, 3.8) is 0 Å². The number of nitrogens with one attached hydrogen (secondary N) is 1. The summed E-state index contributed by atoms with van der Waals surface area (Å²) in [7, 11) is 0. The first-order valence-electron chi connectivity index (χ1n) is 5.68. The average Bonchev–Trinajstić information content (AvgIpc) is 3.08. The molecule has 0 aromatic heterocycles. The standard InChI is InChI=1S/C12H14Cl2N2O2/c13-8-3-7(5-16-9-1-2-9)12(10(14)4-8)18-6-11(15)17/h3-4,9,16H,1-2,5-6H2,(H2,15,17). The van der Waals surface area contributed by atoms with E-state index in [1.807, 2.05) is 0 Å². The zero-order valence-corrected chi connectivity index (χ0v) is 11.2. The van der Waals surface area contributed by atoms with Gasteiger partial charge in [0.05, 0.1) is 5.02 Å². The third-order valence-electron chi connectivity index (χ3n) is 2.60. The van der Waals surface area contributed by atoms with E-state index in [2.05, 4.69) is 5.32 Å². The molecule has 0 unspecified atom stereocenters. The molecule has 0 radical (unpaired) electrons. The van der Waals surface area contributed by atoms with Crippen molar-refractivity contribution in [2.75, 3.05) is 6.61 Å². The van der Waals surface area contributed by atoms with Crippen molar-refractivity contribution in [2.45, 2.75) is 25.4 Å². The molecule has 2 rings (SSSR count). The Kier molecular flexibility index (Phi) is 4.32. The molecule has 0 saturated heterocycles. The summed E-state index contributed by atoms with van der Waals surface area (Å²) in [5.74, 6) is -0.0739. The van der Waals surface area contributed by atoms with Gasteiger partial charge in [-0.1, -0.05) is 23.2 Å². The van der Waals surface area contributed by atoms with Gasteiger partial charge in [0.1, 0.15) is 5.75 Å². The van der Waals surface area contributed by atoms with E-state index in [-0.39, 0.29) is 6.61 Å². The lowest BCUT2D eigenvalue weighted by Crippen LogP contribution is -2.21. The van der Waals surface area contributed by atoms with Crippen molar-refractivity contribution >= 4 is 29.1 Å². The van der Waals surface area contributed by atoms with Crippen LogP contribution in [-0.2, 0) is 11.3 Å². The molecule has 1 aliphatic rings. The van der Waals surface area contributed by atoms with Gasteiger partial charge in [-0.2, -0.15) is 0 Å². The fourth-order valence-electron chi connectivity index (χ4n) is 1.59. The molecular formula is C12H14Cl2N2O2. The summed E-state index contributed by atoms with van der Waals surface area (Å²) in [6.07, 6.45) is 2.37. The molecule has 0 atom stereocenters. The summed E-state index contributed by atoms with van der Waals surface area (Å²) >= 11 is 12.0. The first-order chi connectivity index (χ1) is 8.56. The second kappa shape index (κ2) is 5.78. The quantitative estimate of drug-likeness (QED) is 0.843. The Bertz CT molecular complexity index is 462. The fourth-order valence-corrected chi connectivity index (χ4v) is 2.18. The lowest BCUT2D eigenvalue weighted by Gasteiger charge is -2.13. The molecule has 0 bridgehead atoms. The van der Waals surface area contributed by atoms with Gasteiger partial charge >= 0.3 is 0 Å². The fraction of sp³-hybridized carbons (Fsp3) is 0.417. The second-order valence-corrected chi connectivity index (χ2v) is 5.13. The molecule has 1 aromatic rings. The summed E-state index contributed by atoms with van der Waals surface area (Å²) in [5, 5.41) is 4.27. The SMILES string of the molecule is NC(=O)COc1c(Cl)cc(Cl)cc1CNC1CC1. The molecule has 6 heteroatoms. The summed E-state index contributed by atoms with van der Waals surface area (Å²) in [4.78, 5) is 10.8. The highest BCUT2D eigenvalue weighted by Crippen LogP contribution is 2.33. The number of rotatable bonds is 6. The van der Waals surface area contributed by atoms with Gasteiger partial charge in [-0.15, -0.1) is 0 Å². The van der Waals surface area contributed by atoms with Crippen LogP contribution in [0.2, 0.25) is 10.0 Å². The predicted molar refractivity (Wildman–Crippen MR) is 71.0 cm³/mol. The van der Waals surface area contributed by atoms with Crippen LogP contribution < -0.4 is 15.8 Å². The number of nitrogens with two attached hydrogens (primary N) is 1. The predicted octanol–water partition coefficient (Wildman–Crippen LogP) is 2.11. The van der Waals surface area contributed by atoms with Gasteiger partial charge in [0, 0.05) is 23.2 Å². The summed E-state index contributed by atoms with van der Waals surface area (Å²) in [6.45, 7) is 0.414. The number of carbonyl (C=O) groups is 1. The number of halogens is 2. The Morgan fingerprint density at radius 2 is 2.17 bits per heavy atom. The van der Waals surface area contributed by atoms with E-state index in [0.29, 0.717) is 28.4 Å². The molecule has 0 spiro atoms. The number of carbonyl (C=O) groups excluding carboxylic acids is 1. The lowest BCUT2D eigenvalue weighted by atomic mass is 10.2. The van der Waals surface area contributed by atoms with Crippen LogP contribution in [0, 0.1) is 0 Å². The van der Waals surface area contributed by atoms with Crippen molar-refractivity contribution in [3.8, 4) is 5.75 Å². The van der Waals surface area contributed by atoms with E-state index in [1.54, 1.807) is 12.1 Å². The van der Waals surface area contributed by atoms with Crippen LogP contribution in [0.1, 0.15) is 18.4 Å². The van der Waals surface area contributed by atoms with Crippen LogP contribution in [0.4, 0.5) is 0 Å². The Morgan fingerprint density at radius 3 is 2.78 bits per heavy atom. The molecule has 4 nitrogen and oxygen atoms in total. The van der Waals surface area contributed by atoms with Crippen LogP contribution in [0.15, 0.2) is 12.1 Å². The highest BCUT2D eigenvalue weighted by Gasteiger charge is 2.21. The van der Waals surface area contributed by atoms with Crippen LogP contribution >= 0.6 is 23.2 Å². The van der Waals surface area contributed by atoms with Gasteiger partial charge in [-0.05, 0) is 25.0 Å². The van der Waals surface area contributed by atoms with E-state index in [4.69, 9.17) is 33.7 Å². The highest BCUT2D eigenvalue weighted by molar-refractivity contribution is 6.35. The first-order valence-corrected chi connectivity index (χ1v) is 6.44. The zero-order chi connectivity index (χ0) is 13.1. The normalized spacial score (nSPS) is 14.6. The van der Waals surface area contributed by atoms with Gasteiger partial charge in [-0.25, -0.2) is 0 Å². The number of benzene rings is 1. The number of hydrogen-bond acceptors (Lipinski definition) is 3. The zero-order valence-electron chi connectivity index (χ0n) is 9.71. The minimum Gasteiger partial charge on any atom is -0.482 e. The molecule has 18 heavy (non-hydrogen) atoms. The van der Waals surface area contributed by atoms with Gasteiger partial charge in [-0.3, -0.25) is 4.79 Å². The summed E-state index contributed by atoms with van der Waals surface area (Å²) in [6, 6.07) is 3.92. The Balaban J connectivity index is 2.13. The van der Waals surface area contributed by atoms with Crippen LogP contribution in [0.5, 0.6) is 5.75 Å². The molecule has 3 N–H and O–H groups in total. The summed E-state index contributed by atoms with van der Waals surface area (Å²) in [5.41, 5.74) is 5.89. The first kappa shape index (κ1) is 13.5. The van der Waals surface area contributed by atoms with E-state index >= 15 is 0 Å². The van der Waals surface area contributed by atoms with E-state index in [0.717, 1.165) is 5.56 Å². The van der Waals surface area contributed by atoms with E-state index in [9.17, 15) is 4.79 Å². The minimum absolute atomic E-state index is 0.197. The molecule has 98 valence electrons. The van der Waals surface area contributed by atoms with Crippen LogP contribution in [0.3, 0.4) is 0 Å². The van der Waals surface area contributed by atoms with Crippen LogP contribution in [0.25, 0.3) is 0 Å². The molecule has 1 aromatic carbocycles. The Morgan fingerprint density at radius 1 is 1.44 bits per heavy atom. The third-order valence-corrected chi connectivity index (χ3v) is 3.10. The van der Waals surface area contributed by atoms with E-state index in [1.165, 1.54) is 12.8 Å². The Labute approximate surface area is 115 Å². The topological polar surface area (TPSA) is 64.4 Å². The van der Waals surface area contributed by atoms with Gasteiger partial charge in [0.25, 0.3) is 5.91 Å². The van der Waals surface area contributed by atoms with Crippen molar-refractivity contribution in [1.29, 1.82) is 0 Å². The third kappa shape index (κ3) is 3.77. The highest BCUT2D eigenvalue weighted by atomic mass is 35.5. The van der Waals surface area contributed by atoms with Crippen molar-refractivity contribution in [2.24, 2.45) is 5.73 Å². The maximum atomic E-state index is 10.8. The Hall–Kier alpha value is -0.970. The maximum Gasteiger partial charge on any atom is 0.255 e. The van der Waals surface area contributed by atoms with Crippen LogP contribution in [-0.4, -0.2) is 18.6 Å². The molecule has 1 amide bonds.